The molecule has 0 aromatic carbocycles. The van der Waals surface area contributed by atoms with Crippen LogP contribution in [0.5, 0.6) is 0 Å². The summed E-state index contributed by atoms with van der Waals surface area (Å²) in [5.41, 5.74) is -0.357. The maximum atomic E-state index is 12.6. The summed E-state index contributed by atoms with van der Waals surface area (Å²) >= 11 is 0. The van der Waals surface area contributed by atoms with Gasteiger partial charge in [0.15, 0.2) is 0 Å². The van der Waals surface area contributed by atoms with E-state index in [1.54, 1.807) is 0 Å². The third kappa shape index (κ3) is 4.29. The van der Waals surface area contributed by atoms with E-state index in [4.69, 9.17) is 5.11 Å². The first kappa shape index (κ1) is 15.6. The Kier molecular flexibility index (Phi) is 4.66. The molecule has 0 aromatic heterocycles. The summed E-state index contributed by atoms with van der Waals surface area (Å²) < 4.78 is 25.2. The SMILES string of the molecule is CC(C)(C)CCC(=O)N1CC(C(F)F)=C[C@H]1C(=O)O. The van der Waals surface area contributed by atoms with E-state index in [-0.39, 0.29) is 24.0 Å². The van der Waals surface area contributed by atoms with E-state index in [0.717, 1.165) is 11.0 Å². The zero-order valence-electron chi connectivity index (χ0n) is 11.3. The van der Waals surface area contributed by atoms with Crippen LogP contribution < -0.4 is 0 Å². The molecule has 0 radical (unpaired) electrons. The summed E-state index contributed by atoms with van der Waals surface area (Å²) in [6.45, 7) is 5.59. The van der Waals surface area contributed by atoms with Crippen molar-refractivity contribution in [3.05, 3.63) is 11.6 Å². The first-order chi connectivity index (χ1) is 8.61. The van der Waals surface area contributed by atoms with Crippen LogP contribution >= 0.6 is 0 Å². The van der Waals surface area contributed by atoms with Crippen LogP contribution in [-0.2, 0) is 9.59 Å². The Morgan fingerprint density at radius 1 is 1.47 bits per heavy atom. The molecule has 1 rings (SSSR count). The molecule has 0 saturated heterocycles. The molecular formula is C13H19F2NO3. The minimum absolute atomic E-state index is 0.0624. The topological polar surface area (TPSA) is 57.6 Å². The molecule has 0 bridgehead atoms. The van der Waals surface area contributed by atoms with E-state index in [1.165, 1.54) is 0 Å². The quantitative estimate of drug-likeness (QED) is 0.801. The Labute approximate surface area is 111 Å². The number of amides is 1. The Morgan fingerprint density at radius 2 is 2.05 bits per heavy atom. The van der Waals surface area contributed by atoms with Crippen molar-refractivity contribution in [1.29, 1.82) is 0 Å². The van der Waals surface area contributed by atoms with Crippen LogP contribution in [0.25, 0.3) is 0 Å². The van der Waals surface area contributed by atoms with Crippen LogP contribution in [0.15, 0.2) is 11.6 Å². The average Bonchev–Trinajstić information content (AvgIpc) is 2.69. The maximum absolute atomic E-state index is 12.6. The first-order valence-electron chi connectivity index (χ1n) is 6.13. The normalized spacial score (nSPS) is 19.8. The number of carboxylic acids is 1. The molecule has 6 heteroatoms. The van der Waals surface area contributed by atoms with Gasteiger partial charge in [-0.1, -0.05) is 20.8 Å². The predicted octanol–water partition coefficient (Wildman–Crippen LogP) is 2.30. The molecule has 0 aliphatic carbocycles. The summed E-state index contributed by atoms with van der Waals surface area (Å²) in [5, 5.41) is 8.98. The molecule has 1 aliphatic heterocycles. The van der Waals surface area contributed by atoms with Crippen LogP contribution in [0.3, 0.4) is 0 Å². The van der Waals surface area contributed by atoms with Crippen molar-refractivity contribution in [3.63, 3.8) is 0 Å². The fraction of sp³-hybridized carbons (Fsp3) is 0.692. The summed E-state index contributed by atoms with van der Waals surface area (Å²) in [6.07, 6.45) is -1.000. The van der Waals surface area contributed by atoms with Crippen LogP contribution in [0.2, 0.25) is 0 Å². The van der Waals surface area contributed by atoms with Gasteiger partial charge in [-0.15, -0.1) is 0 Å². The van der Waals surface area contributed by atoms with Crippen molar-refractivity contribution in [3.8, 4) is 0 Å². The maximum Gasteiger partial charge on any atom is 0.330 e. The predicted molar refractivity (Wildman–Crippen MR) is 65.9 cm³/mol. The zero-order valence-corrected chi connectivity index (χ0v) is 11.3. The first-order valence-corrected chi connectivity index (χ1v) is 6.13. The lowest BCUT2D eigenvalue weighted by molar-refractivity contribution is -0.147. The van der Waals surface area contributed by atoms with Gasteiger partial charge in [0.1, 0.15) is 6.04 Å². The number of aliphatic carboxylic acids is 1. The van der Waals surface area contributed by atoms with Crippen LogP contribution in [0, 0.1) is 5.41 Å². The van der Waals surface area contributed by atoms with E-state index in [2.05, 4.69) is 0 Å². The van der Waals surface area contributed by atoms with Gasteiger partial charge in [0.2, 0.25) is 5.91 Å². The summed E-state index contributed by atoms with van der Waals surface area (Å²) in [5.74, 6) is -1.67. The number of hydrogen-bond donors (Lipinski definition) is 1. The minimum atomic E-state index is -2.72. The molecule has 19 heavy (non-hydrogen) atoms. The van der Waals surface area contributed by atoms with Crippen molar-refractivity contribution in [2.75, 3.05) is 6.54 Å². The molecule has 0 unspecified atom stereocenters. The van der Waals surface area contributed by atoms with E-state index in [1.807, 2.05) is 20.8 Å². The van der Waals surface area contributed by atoms with Crippen molar-refractivity contribution in [2.45, 2.75) is 46.1 Å². The monoisotopic (exact) mass is 275 g/mol. The summed E-state index contributed by atoms with van der Waals surface area (Å²) in [4.78, 5) is 24.0. The van der Waals surface area contributed by atoms with Gasteiger partial charge in [-0.25, -0.2) is 13.6 Å². The molecular weight excluding hydrogens is 256 g/mol. The van der Waals surface area contributed by atoms with Gasteiger partial charge in [-0.3, -0.25) is 4.79 Å². The Hall–Kier alpha value is -1.46. The fourth-order valence-corrected chi connectivity index (χ4v) is 1.86. The molecule has 0 saturated carbocycles. The molecule has 1 amide bonds. The van der Waals surface area contributed by atoms with E-state index >= 15 is 0 Å². The number of rotatable bonds is 4. The number of nitrogens with zero attached hydrogens (tertiary/aromatic N) is 1. The summed E-state index contributed by atoms with van der Waals surface area (Å²) in [6, 6.07) is -1.27. The van der Waals surface area contributed by atoms with Gasteiger partial charge in [-0.05, 0) is 17.9 Å². The molecule has 0 spiro atoms. The van der Waals surface area contributed by atoms with Crippen LogP contribution in [0.4, 0.5) is 8.78 Å². The summed E-state index contributed by atoms with van der Waals surface area (Å²) in [7, 11) is 0. The number of hydrogen-bond acceptors (Lipinski definition) is 2. The van der Waals surface area contributed by atoms with Crippen molar-refractivity contribution >= 4 is 11.9 Å². The molecule has 0 aromatic rings. The van der Waals surface area contributed by atoms with Gasteiger partial charge >= 0.3 is 5.97 Å². The highest BCUT2D eigenvalue weighted by molar-refractivity contribution is 5.86. The van der Waals surface area contributed by atoms with Crippen LogP contribution in [-0.4, -0.2) is 40.9 Å². The van der Waals surface area contributed by atoms with E-state index < -0.39 is 24.3 Å². The van der Waals surface area contributed by atoms with Crippen molar-refractivity contribution in [1.82, 2.24) is 4.90 Å². The molecule has 1 heterocycles. The van der Waals surface area contributed by atoms with Crippen molar-refractivity contribution in [2.24, 2.45) is 5.41 Å². The minimum Gasteiger partial charge on any atom is -0.479 e. The number of halogens is 2. The Balaban J connectivity index is 2.72. The highest BCUT2D eigenvalue weighted by atomic mass is 19.3. The van der Waals surface area contributed by atoms with Gasteiger partial charge < -0.3 is 10.0 Å². The van der Waals surface area contributed by atoms with Gasteiger partial charge in [0.25, 0.3) is 6.43 Å². The third-order valence-corrected chi connectivity index (χ3v) is 3.00. The second-order valence-corrected chi connectivity index (χ2v) is 5.91. The molecule has 1 atom stereocenters. The highest BCUT2D eigenvalue weighted by Crippen LogP contribution is 2.26. The molecule has 1 aliphatic rings. The lowest BCUT2D eigenvalue weighted by Gasteiger charge is -2.24. The van der Waals surface area contributed by atoms with Gasteiger partial charge in [0.05, 0.1) is 0 Å². The second kappa shape index (κ2) is 5.67. The Bertz CT molecular complexity index is 399. The van der Waals surface area contributed by atoms with Crippen LogP contribution in [0.1, 0.15) is 33.6 Å². The Morgan fingerprint density at radius 3 is 2.47 bits per heavy atom. The molecule has 1 N–H and O–H groups in total. The molecule has 4 nitrogen and oxygen atoms in total. The number of carbonyl (C=O) groups excluding carboxylic acids is 1. The zero-order chi connectivity index (χ0) is 14.8. The largest absolute Gasteiger partial charge is 0.479 e. The highest BCUT2D eigenvalue weighted by Gasteiger charge is 2.36. The lowest BCUT2D eigenvalue weighted by Crippen LogP contribution is -2.41. The van der Waals surface area contributed by atoms with Gasteiger partial charge in [0, 0.05) is 18.5 Å². The van der Waals surface area contributed by atoms with E-state index in [9.17, 15) is 18.4 Å². The number of carbonyl (C=O) groups is 2. The fourth-order valence-electron chi connectivity index (χ4n) is 1.86. The molecule has 108 valence electrons. The number of alkyl halides is 2. The smallest absolute Gasteiger partial charge is 0.330 e. The second-order valence-electron chi connectivity index (χ2n) is 5.91. The lowest BCUT2D eigenvalue weighted by atomic mass is 9.90. The average molecular weight is 275 g/mol. The molecule has 0 fully saturated rings. The third-order valence-electron chi connectivity index (χ3n) is 3.00. The standard InChI is InChI=1S/C13H19F2NO3/c1-13(2,3)5-4-10(17)16-7-8(11(14)15)6-9(16)12(18)19/h6,9,11H,4-5,7H2,1-3H3,(H,18,19)/t9-/m0/s1. The van der Waals surface area contributed by atoms with E-state index in [0.29, 0.717) is 6.42 Å². The van der Waals surface area contributed by atoms with Crippen molar-refractivity contribution < 1.29 is 23.5 Å². The van der Waals surface area contributed by atoms with Gasteiger partial charge in [-0.2, -0.15) is 0 Å². The number of carboxylic acid groups (broad SMARTS) is 1.